The molecule has 0 radical (unpaired) electrons. The Labute approximate surface area is 109 Å². The van der Waals surface area contributed by atoms with Crippen LogP contribution in [0.25, 0.3) is 0 Å². The van der Waals surface area contributed by atoms with Gasteiger partial charge in [0.25, 0.3) is 0 Å². The van der Waals surface area contributed by atoms with Crippen LogP contribution in [0.1, 0.15) is 41.5 Å². The van der Waals surface area contributed by atoms with Gasteiger partial charge in [0, 0.05) is 10.2 Å². The number of rotatable bonds is 5. The quantitative estimate of drug-likeness (QED) is 0.708. The molecule has 0 aromatic carbocycles. The Bertz CT molecular complexity index is 346. The fraction of sp³-hybridized carbons (Fsp3) is 0.857. The van der Waals surface area contributed by atoms with Crippen molar-refractivity contribution in [3.8, 4) is 0 Å². The smallest absolute Gasteiger partial charge is 0.282 e. The lowest BCUT2D eigenvalue weighted by Crippen LogP contribution is -2.26. The maximum Gasteiger partial charge on any atom is 0.369 e. The number of carbonyl (C=O) groups is 1. The second kappa shape index (κ2) is 5.37. The standard InChI is InChI=1S/C14H24FNO2/c1-8(12(5)16-7-13(17)18-15)9(2)14(6)10(3)11(14)4/h8-11H,7H2,1-6H3/t8-,9?,10+,11?,14?/m0/s1. The molecule has 1 rings (SSSR count). The molecule has 1 saturated carbocycles. The van der Waals surface area contributed by atoms with E-state index in [9.17, 15) is 9.32 Å². The Kier molecular flexibility index (Phi) is 4.51. The molecule has 0 aromatic rings. The molecule has 5 atom stereocenters. The maximum absolute atomic E-state index is 11.6. The van der Waals surface area contributed by atoms with E-state index in [-0.39, 0.29) is 12.5 Å². The molecule has 0 bridgehead atoms. The minimum absolute atomic E-state index is 0.235. The van der Waals surface area contributed by atoms with Crippen LogP contribution >= 0.6 is 0 Å². The highest BCUT2D eigenvalue weighted by Gasteiger charge is 2.59. The molecule has 0 heterocycles. The Morgan fingerprint density at radius 1 is 1.39 bits per heavy atom. The molecule has 0 aromatic heterocycles. The Hall–Kier alpha value is -0.930. The SMILES string of the molecule is CC(=NCC(=O)OF)[C@@H](C)C(C)C1(C)C(C)[C@H]1C. The number of halogens is 1. The van der Waals surface area contributed by atoms with Gasteiger partial charge in [-0.05, 0) is 36.0 Å². The first-order chi connectivity index (χ1) is 8.26. The summed E-state index contributed by atoms with van der Waals surface area (Å²) >= 11 is 0. The average molecular weight is 257 g/mol. The maximum atomic E-state index is 11.6. The van der Waals surface area contributed by atoms with Crippen LogP contribution in [-0.4, -0.2) is 18.2 Å². The largest absolute Gasteiger partial charge is 0.369 e. The second-order valence-corrected chi connectivity index (χ2v) is 5.93. The zero-order valence-electron chi connectivity index (χ0n) is 12.2. The van der Waals surface area contributed by atoms with Crippen molar-refractivity contribution in [2.75, 3.05) is 6.54 Å². The third-order valence-electron chi connectivity index (χ3n) is 5.54. The van der Waals surface area contributed by atoms with Crippen molar-refractivity contribution < 1.29 is 14.3 Å². The van der Waals surface area contributed by atoms with Crippen LogP contribution in [0.5, 0.6) is 0 Å². The highest BCUT2D eigenvalue weighted by Crippen LogP contribution is 2.64. The summed E-state index contributed by atoms with van der Waals surface area (Å²) in [6.07, 6.45) is 0. The lowest BCUT2D eigenvalue weighted by Gasteiger charge is -2.27. The molecule has 0 N–H and O–H groups in total. The van der Waals surface area contributed by atoms with Crippen molar-refractivity contribution in [3.05, 3.63) is 0 Å². The van der Waals surface area contributed by atoms with Crippen LogP contribution in [0.4, 0.5) is 4.53 Å². The van der Waals surface area contributed by atoms with E-state index in [0.717, 1.165) is 17.5 Å². The van der Waals surface area contributed by atoms with E-state index in [1.165, 1.54) is 0 Å². The number of nitrogens with zero attached hydrogens (tertiary/aromatic N) is 1. The topological polar surface area (TPSA) is 38.7 Å². The van der Waals surface area contributed by atoms with Gasteiger partial charge in [-0.3, -0.25) is 9.93 Å². The van der Waals surface area contributed by atoms with Crippen molar-refractivity contribution >= 4 is 11.7 Å². The lowest BCUT2D eigenvalue weighted by atomic mass is 9.78. The number of aliphatic imine (C=N–C) groups is 1. The van der Waals surface area contributed by atoms with Gasteiger partial charge in [-0.2, -0.15) is 0 Å². The zero-order valence-corrected chi connectivity index (χ0v) is 12.2. The van der Waals surface area contributed by atoms with Gasteiger partial charge < -0.3 is 0 Å². The summed E-state index contributed by atoms with van der Waals surface area (Å²) in [6, 6.07) is 0. The van der Waals surface area contributed by atoms with Gasteiger partial charge in [-0.1, -0.05) is 34.6 Å². The van der Waals surface area contributed by atoms with Gasteiger partial charge in [0.05, 0.1) is 0 Å². The Morgan fingerprint density at radius 3 is 2.28 bits per heavy atom. The average Bonchev–Trinajstić information content (AvgIpc) is 2.86. The molecule has 4 heteroatoms. The van der Waals surface area contributed by atoms with E-state index in [1.54, 1.807) is 0 Å². The van der Waals surface area contributed by atoms with E-state index in [4.69, 9.17) is 0 Å². The second-order valence-electron chi connectivity index (χ2n) is 5.93. The third kappa shape index (κ3) is 2.57. The van der Waals surface area contributed by atoms with Crippen LogP contribution in [0.3, 0.4) is 0 Å². The van der Waals surface area contributed by atoms with Crippen LogP contribution in [-0.2, 0) is 9.74 Å². The first-order valence-electron chi connectivity index (χ1n) is 6.59. The van der Waals surface area contributed by atoms with Gasteiger partial charge in [-0.15, -0.1) is 0 Å². The highest BCUT2D eigenvalue weighted by atomic mass is 19.3. The third-order valence-corrected chi connectivity index (χ3v) is 5.54. The predicted molar refractivity (Wildman–Crippen MR) is 69.9 cm³/mol. The minimum atomic E-state index is -0.937. The van der Waals surface area contributed by atoms with Crippen molar-refractivity contribution in [1.82, 2.24) is 0 Å². The minimum Gasteiger partial charge on any atom is -0.282 e. The summed E-state index contributed by atoms with van der Waals surface area (Å²) < 4.78 is 11.6. The zero-order chi connectivity index (χ0) is 14.1. The number of hydrogen-bond acceptors (Lipinski definition) is 3. The Balaban J connectivity index is 2.64. The Morgan fingerprint density at radius 2 is 1.89 bits per heavy atom. The first-order valence-corrected chi connectivity index (χ1v) is 6.59. The number of carbonyl (C=O) groups excluding carboxylic acids is 1. The molecule has 0 spiro atoms. The number of hydrogen-bond donors (Lipinski definition) is 0. The van der Waals surface area contributed by atoms with Crippen LogP contribution in [0.2, 0.25) is 0 Å². The van der Waals surface area contributed by atoms with Gasteiger partial charge in [0.1, 0.15) is 6.54 Å². The fourth-order valence-corrected chi connectivity index (χ4v) is 3.10. The predicted octanol–water partition coefficient (Wildman–Crippen LogP) is 3.44. The fourth-order valence-electron chi connectivity index (χ4n) is 3.10. The highest BCUT2D eigenvalue weighted by molar-refractivity contribution is 5.86. The summed E-state index contributed by atoms with van der Waals surface area (Å²) in [6.45, 7) is 12.9. The van der Waals surface area contributed by atoms with Gasteiger partial charge >= 0.3 is 5.97 Å². The molecule has 3 nitrogen and oxygen atoms in total. The van der Waals surface area contributed by atoms with Crippen molar-refractivity contribution in [3.63, 3.8) is 0 Å². The van der Waals surface area contributed by atoms with Crippen molar-refractivity contribution in [1.29, 1.82) is 0 Å². The van der Waals surface area contributed by atoms with E-state index in [2.05, 4.69) is 44.6 Å². The van der Waals surface area contributed by atoms with Gasteiger partial charge in [-0.25, -0.2) is 4.79 Å². The summed E-state index contributed by atoms with van der Waals surface area (Å²) in [5.41, 5.74) is 1.23. The summed E-state index contributed by atoms with van der Waals surface area (Å²) in [4.78, 5) is 17.9. The molecule has 1 aliphatic rings. The van der Waals surface area contributed by atoms with E-state index in [1.807, 2.05) is 6.92 Å². The van der Waals surface area contributed by atoms with Crippen LogP contribution in [0, 0.1) is 29.1 Å². The van der Waals surface area contributed by atoms with Crippen LogP contribution < -0.4 is 0 Å². The molecule has 0 amide bonds. The molecule has 0 aliphatic heterocycles. The summed E-state index contributed by atoms with van der Waals surface area (Å²) in [5, 5.41) is 0. The summed E-state index contributed by atoms with van der Waals surface area (Å²) in [5.74, 6) is 1.29. The molecule has 3 unspecified atom stereocenters. The monoisotopic (exact) mass is 257 g/mol. The molecular formula is C14H24FNO2. The van der Waals surface area contributed by atoms with Crippen molar-refractivity contribution in [2.45, 2.75) is 41.5 Å². The normalized spacial score (nSPS) is 34.9. The molecule has 1 fully saturated rings. The molecular weight excluding hydrogens is 233 g/mol. The van der Waals surface area contributed by atoms with E-state index >= 15 is 0 Å². The molecule has 18 heavy (non-hydrogen) atoms. The molecule has 1 aliphatic carbocycles. The van der Waals surface area contributed by atoms with Gasteiger partial charge in [0.2, 0.25) is 0 Å². The van der Waals surface area contributed by atoms with E-state index < -0.39 is 5.97 Å². The lowest BCUT2D eigenvalue weighted by molar-refractivity contribution is -0.181. The van der Waals surface area contributed by atoms with Crippen molar-refractivity contribution in [2.24, 2.45) is 34.1 Å². The molecule has 0 saturated heterocycles. The first kappa shape index (κ1) is 15.1. The van der Waals surface area contributed by atoms with Gasteiger partial charge in [0.15, 0.2) is 0 Å². The van der Waals surface area contributed by atoms with Crippen LogP contribution in [0.15, 0.2) is 4.99 Å². The molecule has 104 valence electrons. The summed E-state index contributed by atoms with van der Waals surface area (Å²) in [7, 11) is 0. The van der Waals surface area contributed by atoms with E-state index in [0.29, 0.717) is 11.3 Å².